The van der Waals surface area contributed by atoms with E-state index in [1.54, 1.807) is 0 Å². The van der Waals surface area contributed by atoms with Crippen LogP contribution in [0.3, 0.4) is 0 Å². The van der Waals surface area contributed by atoms with Crippen molar-refractivity contribution in [2.45, 2.75) is 19.0 Å². The summed E-state index contributed by atoms with van der Waals surface area (Å²) in [5, 5.41) is 2.57. The molecule has 0 aliphatic carbocycles. The Labute approximate surface area is 131 Å². The maximum absolute atomic E-state index is 12.8. The van der Waals surface area contributed by atoms with Crippen LogP contribution in [0.15, 0.2) is 48.5 Å². The van der Waals surface area contributed by atoms with Gasteiger partial charge in [0.25, 0.3) is 0 Å². The van der Waals surface area contributed by atoms with Crippen molar-refractivity contribution in [2.75, 3.05) is 6.54 Å². The van der Waals surface area contributed by atoms with Crippen LogP contribution in [0.4, 0.5) is 17.6 Å². The van der Waals surface area contributed by atoms with E-state index in [2.05, 4.69) is 5.32 Å². The quantitative estimate of drug-likeness (QED) is 0.834. The van der Waals surface area contributed by atoms with Gasteiger partial charge in [-0.3, -0.25) is 4.79 Å². The molecule has 2 aromatic rings. The summed E-state index contributed by atoms with van der Waals surface area (Å²) < 4.78 is 51.3. The summed E-state index contributed by atoms with van der Waals surface area (Å²) >= 11 is 0. The lowest BCUT2D eigenvalue weighted by atomic mass is 10.0. The fraction of sp³-hybridized carbons (Fsp3) is 0.235. The minimum atomic E-state index is -4.41. The average Bonchev–Trinajstić information content (AvgIpc) is 2.49. The van der Waals surface area contributed by atoms with Crippen molar-refractivity contribution in [3.05, 3.63) is 71.0 Å². The number of amides is 1. The van der Waals surface area contributed by atoms with Crippen molar-refractivity contribution >= 4 is 5.91 Å². The van der Waals surface area contributed by atoms with E-state index in [1.165, 1.54) is 42.5 Å². The predicted molar refractivity (Wildman–Crippen MR) is 78.3 cm³/mol. The summed E-state index contributed by atoms with van der Waals surface area (Å²) in [4.78, 5) is 11.7. The van der Waals surface area contributed by atoms with E-state index in [0.29, 0.717) is 5.56 Å². The summed E-state index contributed by atoms with van der Waals surface area (Å²) in [5.74, 6) is -0.709. The largest absolute Gasteiger partial charge is 0.416 e. The molecule has 0 atom stereocenters. The fourth-order valence-corrected chi connectivity index (χ4v) is 2.20. The van der Waals surface area contributed by atoms with Gasteiger partial charge in [0.1, 0.15) is 5.82 Å². The number of nitrogens with one attached hydrogen (secondary N) is 1. The van der Waals surface area contributed by atoms with E-state index >= 15 is 0 Å². The number of rotatable bonds is 5. The maximum Gasteiger partial charge on any atom is 0.416 e. The highest BCUT2D eigenvalue weighted by Gasteiger charge is 2.32. The van der Waals surface area contributed by atoms with Gasteiger partial charge in [-0.2, -0.15) is 13.2 Å². The lowest BCUT2D eigenvalue weighted by Gasteiger charge is -2.13. The monoisotopic (exact) mass is 325 g/mol. The van der Waals surface area contributed by atoms with Gasteiger partial charge in [-0.25, -0.2) is 4.39 Å². The molecule has 0 spiro atoms. The van der Waals surface area contributed by atoms with Gasteiger partial charge in [0.15, 0.2) is 0 Å². The average molecular weight is 325 g/mol. The van der Waals surface area contributed by atoms with E-state index in [0.717, 1.165) is 6.07 Å². The van der Waals surface area contributed by atoms with Gasteiger partial charge in [-0.15, -0.1) is 0 Å². The predicted octanol–water partition coefficient (Wildman–Crippen LogP) is 3.75. The Kier molecular flexibility index (Phi) is 5.36. The molecule has 2 nitrogen and oxygen atoms in total. The Hall–Kier alpha value is -2.37. The number of benzene rings is 2. The van der Waals surface area contributed by atoms with Crippen molar-refractivity contribution in [3.63, 3.8) is 0 Å². The van der Waals surface area contributed by atoms with Crippen molar-refractivity contribution in [3.8, 4) is 0 Å². The van der Waals surface area contributed by atoms with Crippen LogP contribution in [0.1, 0.15) is 16.7 Å². The highest BCUT2D eigenvalue weighted by Crippen LogP contribution is 2.31. The summed E-state index contributed by atoms with van der Waals surface area (Å²) in [7, 11) is 0. The third-order valence-corrected chi connectivity index (χ3v) is 3.32. The molecule has 0 fully saturated rings. The molecule has 0 heterocycles. The molecular weight excluding hydrogens is 310 g/mol. The van der Waals surface area contributed by atoms with Crippen LogP contribution in [0.2, 0.25) is 0 Å². The molecule has 0 bridgehead atoms. The standard InChI is InChI=1S/C17H15F4NO/c18-14-7-5-12(6-8-14)11-16(23)22-10-9-13-3-1-2-4-15(13)17(19,20)21/h1-8H,9-11H2,(H,22,23). The van der Waals surface area contributed by atoms with E-state index in [9.17, 15) is 22.4 Å². The molecule has 0 saturated heterocycles. The van der Waals surface area contributed by atoms with E-state index < -0.39 is 17.6 Å². The molecule has 0 saturated carbocycles. The first-order chi connectivity index (χ1) is 10.9. The molecule has 1 amide bonds. The third-order valence-electron chi connectivity index (χ3n) is 3.32. The molecule has 2 rings (SSSR count). The van der Waals surface area contributed by atoms with Gasteiger partial charge in [0, 0.05) is 6.54 Å². The van der Waals surface area contributed by atoms with Crippen LogP contribution in [0, 0.1) is 5.82 Å². The van der Waals surface area contributed by atoms with Crippen LogP contribution in [0.25, 0.3) is 0 Å². The van der Waals surface area contributed by atoms with Crippen LogP contribution in [-0.4, -0.2) is 12.5 Å². The van der Waals surface area contributed by atoms with Gasteiger partial charge in [0.2, 0.25) is 5.91 Å². The first-order valence-electron chi connectivity index (χ1n) is 7.02. The number of hydrogen-bond donors (Lipinski definition) is 1. The van der Waals surface area contributed by atoms with Crippen molar-refractivity contribution in [1.29, 1.82) is 0 Å². The van der Waals surface area contributed by atoms with Crippen LogP contribution < -0.4 is 5.32 Å². The lowest BCUT2D eigenvalue weighted by molar-refractivity contribution is -0.138. The minimum absolute atomic E-state index is 0.0567. The summed E-state index contributed by atoms with van der Waals surface area (Å²) in [6, 6.07) is 10.8. The molecule has 2 aromatic carbocycles. The van der Waals surface area contributed by atoms with E-state index in [4.69, 9.17) is 0 Å². The molecule has 0 aliphatic rings. The third kappa shape index (κ3) is 5.09. The van der Waals surface area contributed by atoms with Gasteiger partial charge in [-0.1, -0.05) is 30.3 Å². The number of carbonyl (C=O) groups is 1. The fourth-order valence-electron chi connectivity index (χ4n) is 2.20. The van der Waals surface area contributed by atoms with E-state index in [-0.39, 0.29) is 30.9 Å². The second-order valence-corrected chi connectivity index (χ2v) is 5.06. The number of carbonyl (C=O) groups excluding carboxylic acids is 1. The zero-order valence-electron chi connectivity index (χ0n) is 12.2. The molecule has 1 N–H and O–H groups in total. The molecule has 0 aromatic heterocycles. The van der Waals surface area contributed by atoms with Crippen molar-refractivity contribution < 1.29 is 22.4 Å². The Morgan fingerprint density at radius 2 is 1.65 bits per heavy atom. The number of hydrogen-bond acceptors (Lipinski definition) is 1. The van der Waals surface area contributed by atoms with Gasteiger partial charge < -0.3 is 5.32 Å². The molecule has 0 aliphatic heterocycles. The van der Waals surface area contributed by atoms with Gasteiger partial charge >= 0.3 is 6.18 Å². The molecule has 23 heavy (non-hydrogen) atoms. The second-order valence-electron chi connectivity index (χ2n) is 5.06. The minimum Gasteiger partial charge on any atom is -0.355 e. The first kappa shape index (κ1) is 17.0. The second kappa shape index (κ2) is 7.26. The smallest absolute Gasteiger partial charge is 0.355 e. The summed E-state index contributed by atoms with van der Waals surface area (Å²) in [6.45, 7) is 0.104. The molecular formula is C17H15F4NO. The van der Waals surface area contributed by atoms with Crippen LogP contribution >= 0.6 is 0 Å². The zero-order chi connectivity index (χ0) is 16.9. The van der Waals surface area contributed by atoms with Crippen LogP contribution in [-0.2, 0) is 23.8 Å². The molecule has 122 valence electrons. The van der Waals surface area contributed by atoms with Gasteiger partial charge in [0.05, 0.1) is 12.0 Å². The van der Waals surface area contributed by atoms with Crippen LogP contribution in [0.5, 0.6) is 0 Å². The summed E-state index contributed by atoms with van der Waals surface area (Å²) in [6.07, 6.45) is -4.26. The van der Waals surface area contributed by atoms with Crippen molar-refractivity contribution in [2.24, 2.45) is 0 Å². The SMILES string of the molecule is O=C(Cc1ccc(F)cc1)NCCc1ccccc1C(F)(F)F. The van der Waals surface area contributed by atoms with E-state index in [1.807, 2.05) is 0 Å². The van der Waals surface area contributed by atoms with Crippen molar-refractivity contribution in [1.82, 2.24) is 5.32 Å². The molecule has 0 radical (unpaired) electrons. The Bertz CT molecular complexity index is 665. The first-order valence-corrected chi connectivity index (χ1v) is 7.02. The zero-order valence-corrected chi connectivity index (χ0v) is 12.2. The number of alkyl halides is 3. The Balaban J connectivity index is 1.88. The molecule has 0 unspecified atom stereocenters. The topological polar surface area (TPSA) is 29.1 Å². The Morgan fingerprint density at radius 1 is 1.00 bits per heavy atom. The highest BCUT2D eigenvalue weighted by atomic mass is 19.4. The molecule has 6 heteroatoms. The summed E-state index contributed by atoms with van der Waals surface area (Å²) in [5.41, 5.74) is 0.0921. The number of halogens is 4. The highest BCUT2D eigenvalue weighted by molar-refractivity contribution is 5.78. The lowest BCUT2D eigenvalue weighted by Crippen LogP contribution is -2.27. The van der Waals surface area contributed by atoms with Gasteiger partial charge in [-0.05, 0) is 35.7 Å². The maximum atomic E-state index is 12.8. The normalized spacial score (nSPS) is 11.3. The Morgan fingerprint density at radius 3 is 2.30 bits per heavy atom.